The third kappa shape index (κ3) is 21.6. The SMILES string of the molecule is CC(C)Cc1cc(-c2[c-]cc3oc4ccccc4c3c2)ncc1[Si](C)(C)C.C[Si](C)(C)c1ccc(-c2[c-]cc3c(c2)-c2ccccc2S3(=O)=O)nc1.C[Si](C)(C)c1ccc(-c2[c-]cc3c(c2)-c2ccccc2[Si]3(c2ccccc2)c2ccccc2)nc1.[2H]c1[c-]c(-c2ccccn2)cc([2H])c1[2H].[2H]c1[c-]c(-c2ccccn2)cc([2H])c1[2H].[2H]c1[c-]c(-c2nc([2H])c([2H])c([2H])c2[2H])cc([2H])c1[2H].[Ir].[Ir].[Ir]. The van der Waals surface area contributed by atoms with Crippen molar-refractivity contribution in [3.63, 3.8) is 0 Å². The third-order valence-corrected chi connectivity index (χ3v) is 34.0. The van der Waals surface area contributed by atoms with Gasteiger partial charge in [-0.05, 0) is 118 Å². The number of hydrogen-bond acceptors (Lipinski definition) is 9. The van der Waals surface area contributed by atoms with Gasteiger partial charge in [-0.2, -0.15) is 0 Å². The van der Waals surface area contributed by atoms with Crippen LogP contribution < -0.4 is 36.3 Å². The Kier molecular flexibility index (Phi) is 25.7. The van der Waals surface area contributed by atoms with Crippen molar-refractivity contribution in [3.05, 3.63) is 406 Å². The van der Waals surface area contributed by atoms with E-state index >= 15 is 0 Å². The molecule has 0 unspecified atom stereocenters. The molecule has 0 spiro atoms. The fourth-order valence-corrected chi connectivity index (χ4v) is 25.4. The van der Waals surface area contributed by atoms with Crippen LogP contribution in [0.4, 0.5) is 0 Å². The molecular formula is C109H96Ir3N6O3SSi4-6. The predicted molar refractivity (Wildman–Crippen MR) is 519 cm³/mol. The summed E-state index contributed by atoms with van der Waals surface area (Å²) in [5, 5.41) is 12.1. The standard InChI is InChI=1S/C32H28NSi2.C24H26NOSi.C20H18NO2SSi.3C11H8N.3Ir/c1-34(2,3)27-19-20-30(33-23-27)24-18-21-32-29(22-24)28-16-10-11-17-31(28)35(32,25-12-6-4-7-13-25)26-14-8-5-9-15-26;1-16(2)12-18-14-21(25-15-24(18)27(3,4)5)17-10-11-23-20(13-17)19-8-6-7-9-22(19)26-23;1-25(2,3)15-9-10-18(21-13-15)14-8-11-20-17(12-14)16-6-4-5-7-19(16)24(20,22)23;3*1-2-6-10(7-3-1)11-8-4-5-9-12-11;;;/h4-17,19-23H,1-3H3;6-9,11,13-16H,12H2,1-5H3;4-7,9-13H,1-3H3;3*1-6,8-9H;;;/q6*-1;;;/i;;;1D,2D,3D,4D,5D,8D,9D;2*1D,2D,3D;;;. The van der Waals surface area contributed by atoms with Crippen molar-refractivity contribution < 1.29 is 91.0 Å². The summed E-state index contributed by atoms with van der Waals surface area (Å²) in [4.78, 5) is 26.9. The van der Waals surface area contributed by atoms with Crippen molar-refractivity contribution in [1.29, 1.82) is 0 Å². The average molecular weight is 2270 g/mol. The molecule has 0 N–H and O–H groups in total. The molecule has 2 aliphatic heterocycles. The third-order valence-electron chi connectivity index (χ3n) is 21.1. The number of sulfone groups is 1. The molecule has 3 radical (unpaired) electrons. The van der Waals surface area contributed by atoms with E-state index in [0.29, 0.717) is 38.2 Å². The molecule has 2 aliphatic rings. The molecule has 126 heavy (non-hydrogen) atoms. The number of aromatic nitrogens is 6. The van der Waals surface area contributed by atoms with E-state index in [-0.39, 0.29) is 132 Å². The van der Waals surface area contributed by atoms with Gasteiger partial charge < -0.3 is 34.3 Å². The molecule has 0 atom stereocenters. The molecule has 0 fully saturated rings. The van der Waals surface area contributed by atoms with Crippen LogP contribution >= 0.6 is 0 Å². The number of furan rings is 1. The molecule has 9 heterocycles. The maximum absolute atomic E-state index is 12.6. The first-order chi connectivity index (χ1) is 64.8. The number of para-hydroxylation sites is 1. The summed E-state index contributed by atoms with van der Waals surface area (Å²) < 4.78 is 128. The van der Waals surface area contributed by atoms with E-state index in [9.17, 15) is 8.42 Å². The van der Waals surface area contributed by atoms with Crippen LogP contribution in [0.5, 0.6) is 0 Å². The number of hydrogen-bond donors (Lipinski definition) is 0. The Morgan fingerprint density at radius 1 is 0.373 bits per heavy atom. The zero-order valence-corrected chi connectivity index (χ0v) is 83.2. The second kappa shape index (κ2) is 42.0. The van der Waals surface area contributed by atoms with Crippen molar-refractivity contribution in [2.45, 2.75) is 89.0 Å². The first kappa shape index (κ1) is 77.2. The zero-order chi connectivity index (χ0) is 97.0. The molecule has 7 aromatic heterocycles. The van der Waals surface area contributed by atoms with E-state index in [1.807, 2.05) is 60.8 Å². The summed E-state index contributed by atoms with van der Waals surface area (Å²) in [5.74, 6) is 0.625. The largest absolute Gasteiger partial charge is 0.500 e. The van der Waals surface area contributed by atoms with Gasteiger partial charge in [0.15, 0.2) is 9.84 Å². The van der Waals surface area contributed by atoms with Crippen LogP contribution in [-0.4, -0.2) is 70.6 Å². The second-order valence-electron chi connectivity index (χ2n) is 33.1. The number of fused-ring (bicyclic) bond motifs is 9. The van der Waals surface area contributed by atoms with Crippen LogP contribution in [0.15, 0.2) is 379 Å². The summed E-state index contributed by atoms with van der Waals surface area (Å²) in [6.45, 7) is 25.7. The van der Waals surface area contributed by atoms with Crippen molar-refractivity contribution in [1.82, 2.24) is 29.9 Å². The fraction of sp³-hybridized carbons (Fsp3) is 0.119. The van der Waals surface area contributed by atoms with Crippen LogP contribution in [0.3, 0.4) is 0 Å². The maximum atomic E-state index is 12.6. The summed E-state index contributed by atoms with van der Waals surface area (Å²) in [6, 6.07) is 100. The topological polar surface area (TPSA) is 125 Å². The molecule has 0 amide bonds. The van der Waals surface area contributed by atoms with Crippen LogP contribution in [0.2, 0.25) is 58.9 Å². The van der Waals surface area contributed by atoms with Gasteiger partial charge in [-0.25, -0.2) is 8.42 Å². The quantitative estimate of drug-likeness (QED) is 0.0819. The predicted octanol–water partition coefficient (Wildman–Crippen LogP) is 22.2. The smallest absolute Gasteiger partial charge is 0.173 e. The van der Waals surface area contributed by atoms with E-state index in [0.717, 1.165) is 73.3 Å². The van der Waals surface area contributed by atoms with Crippen LogP contribution in [0, 0.1) is 42.3 Å². The number of benzene rings is 11. The van der Waals surface area contributed by atoms with Gasteiger partial charge >= 0.3 is 0 Å². The molecular weight excluding hydrogens is 2160 g/mol. The number of nitrogens with zero attached hydrogens (tertiary/aromatic N) is 6. The fourth-order valence-electron chi connectivity index (χ4n) is 15.0. The van der Waals surface area contributed by atoms with Gasteiger partial charge in [0.25, 0.3) is 0 Å². The van der Waals surface area contributed by atoms with Crippen LogP contribution in [0.1, 0.15) is 37.2 Å². The minimum Gasteiger partial charge on any atom is -0.500 e. The summed E-state index contributed by atoms with van der Waals surface area (Å²) >= 11 is 0. The molecule has 635 valence electrons. The van der Waals surface area contributed by atoms with Crippen molar-refractivity contribution in [2.75, 3.05) is 0 Å². The molecule has 0 aliphatic carbocycles. The molecule has 0 saturated carbocycles. The van der Waals surface area contributed by atoms with Gasteiger partial charge in [0.2, 0.25) is 0 Å². The van der Waals surface area contributed by atoms with E-state index < -0.39 is 60.4 Å². The minimum absolute atomic E-state index is 0. The van der Waals surface area contributed by atoms with Crippen LogP contribution in [0.25, 0.3) is 112 Å². The molecule has 0 bridgehead atoms. The Hall–Kier alpha value is -11.1. The monoisotopic (exact) mass is 2270 g/mol. The molecule has 0 saturated heterocycles. The zero-order valence-electron chi connectivity index (χ0n) is 84.2. The maximum Gasteiger partial charge on any atom is 0.173 e. The Morgan fingerprint density at radius 3 is 1.40 bits per heavy atom. The molecule has 9 nitrogen and oxygen atoms in total. The Labute approximate surface area is 805 Å². The van der Waals surface area contributed by atoms with E-state index in [4.69, 9.17) is 32.2 Å². The summed E-state index contributed by atoms with van der Waals surface area (Å²) in [6.07, 6.45) is 10.1. The summed E-state index contributed by atoms with van der Waals surface area (Å²) in [5.41, 5.74) is 15.6. The Morgan fingerprint density at radius 2 is 0.865 bits per heavy atom. The van der Waals surface area contributed by atoms with Crippen molar-refractivity contribution in [3.8, 4) is 89.8 Å². The van der Waals surface area contributed by atoms with Gasteiger partial charge in [0, 0.05) is 111 Å². The second-order valence-corrected chi connectivity index (χ2v) is 53.9. The summed E-state index contributed by atoms with van der Waals surface area (Å²) in [7, 11) is -10.1. The van der Waals surface area contributed by atoms with E-state index in [2.05, 4.69) is 281 Å². The van der Waals surface area contributed by atoms with E-state index in [1.165, 1.54) is 71.2 Å². The number of pyridine rings is 6. The number of rotatable bonds is 13. The Bertz CT molecular complexity index is 7430. The first-order valence-corrected chi connectivity index (χ1v) is 54.5. The molecule has 17 heteroatoms. The molecule has 11 aromatic carbocycles. The van der Waals surface area contributed by atoms with E-state index in [1.54, 1.807) is 54.9 Å². The van der Waals surface area contributed by atoms with Crippen LogP contribution in [-0.2, 0) is 76.6 Å². The normalized spacial score (nSPS) is 13.6. The van der Waals surface area contributed by atoms with Gasteiger partial charge in [-0.1, -0.05) is 293 Å². The first-order valence-electron chi connectivity index (χ1n) is 47.0. The average Bonchev–Trinajstić information content (AvgIpc) is 1.54. The van der Waals surface area contributed by atoms with Gasteiger partial charge in [0.1, 0.15) is 13.7 Å². The van der Waals surface area contributed by atoms with Crippen molar-refractivity contribution in [2.24, 2.45) is 5.92 Å². The molecule has 18 aromatic rings. The Balaban J connectivity index is 0.000000153. The minimum atomic E-state index is -3.44. The van der Waals surface area contributed by atoms with Gasteiger partial charge in [0.05, 0.1) is 40.2 Å². The van der Waals surface area contributed by atoms with Crippen molar-refractivity contribution >= 4 is 100 Å². The molecule has 20 rings (SSSR count). The van der Waals surface area contributed by atoms with Gasteiger partial charge in [-0.15, -0.1) is 184 Å². The van der Waals surface area contributed by atoms with Gasteiger partial charge in [-0.3, -0.25) is 0 Å².